The van der Waals surface area contributed by atoms with Gasteiger partial charge in [0.1, 0.15) is 5.75 Å². The first-order valence-electron chi connectivity index (χ1n) is 12.7. The highest BCUT2D eigenvalue weighted by molar-refractivity contribution is 5.84. The van der Waals surface area contributed by atoms with E-state index in [1.54, 1.807) is 7.11 Å². The van der Waals surface area contributed by atoms with Crippen molar-refractivity contribution in [3.63, 3.8) is 0 Å². The molecule has 0 saturated carbocycles. The highest BCUT2D eigenvalue weighted by atomic mass is 16.5. The summed E-state index contributed by atoms with van der Waals surface area (Å²) < 4.78 is 5.69. The average Bonchev–Trinajstić information content (AvgIpc) is 2.89. The maximum Gasteiger partial charge on any atom is 0.127 e. The second kappa shape index (κ2) is 10.1. The zero-order valence-electron chi connectivity index (χ0n) is 20.6. The van der Waals surface area contributed by atoms with Gasteiger partial charge in [-0.1, -0.05) is 80.6 Å². The monoisotopic (exact) mass is 452 g/mol. The van der Waals surface area contributed by atoms with E-state index in [0.29, 0.717) is 23.8 Å². The van der Waals surface area contributed by atoms with Gasteiger partial charge in [0.15, 0.2) is 0 Å². The molecular weight excluding hydrogens is 416 g/mol. The van der Waals surface area contributed by atoms with Crippen molar-refractivity contribution >= 4 is 6.21 Å². The van der Waals surface area contributed by atoms with E-state index >= 15 is 0 Å². The van der Waals surface area contributed by atoms with Gasteiger partial charge in [-0.25, -0.2) is 0 Å². The number of aliphatic imine (C=N–C) groups is 1. The van der Waals surface area contributed by atoms with Gasteiger partial charge in [0.25, 0.3) is 0 Å². The zero-order valence-corrected chi connectivity index (χ0v) is 20.6. The van der Waals surface area contributed by atoms with Crippen molar-refractivity contribution in [3.05, 3.63) is 101 Å². The molecule has 3 saturated heterocycles. The Hall–Kier alpha value is -2.91. The Balaban J connectivity index is 1.56. The van der Waals surface area contributed by atoms with Crippen LogP contribution in [0.4, 0.5) is 0 Å². The van der Waals surface area contributed by atoms with Crippen LogP contribution < -0.4 is 4.74 Å². The Morgan fingerprint density at radius 2 is 1.47 bits per heavy atom. The van der Waals surface area contributed by atoms with E-state index in [1.807, 2.05) is 0 Å². The summed E-state index contributed by atoms with van der Waals surface area (Å²) in [5, 5.41) is 0. The third kappa shape index (κ3) is 4.54. The first-order valence-corrected chi connectivity index (χ1v) is 12.7. The topological polar surface area (TPSA) is 24.8 Å². The fourth-order valence-corrected chi connectivity index (χ4v) is 5.96. The maximum absolute atomic E-state index is 5.69. The standard InChI is InChI=1S/C31H36N2O/c1-22(2)26-14-15-28(34-3)27(20-26)21-32-30-25-16-18-33(19-17-25)31(30)29(23-10-6-4-7-11-23)24-12-8-5-9-13-24/h4-15,20-22,25,29-31H,16-19H2,1-3H3/t30-,31-/m1/s1. The number of nitrogens with zero attached hydrogens (tertiary/aromatic N) is 2. The first kappa shape index (κ1) is 22.9. The van der Waals surface area contributed by atoms with Crippen molar-refractivity contribution in [3.8, 4) is 5.75 Å². The number of hydrogen-bond donors (Lipinski definition) is 0. The number of methoxy groups -OCH3 is 1. The molecule has 2 bridgehead atoms. The van der Waals surface area contributed by atoms with Gasteiger partial charge in [0.2, 0.25) is 0 Å². The van der Waals surface area contributed by atoms with Crippen molar-refractivity contribution in [2.24, 2.45) is 10.9 Å². The maximum atomic E-state index is 5.69. The predicted molar refractivity (Wildman–Crippen MR) is 141 cm³/mol. The molecule has 3 aliphatic heterocycles. The van der Waals surface area contributed by atoms with E-state index in [-0.39, 0.29) is 6.04 Å². The second-order valence-corrected chi connectivity index (χ2v) is 10.1. The van der Waals surface area contributed by atoms with Crippen LogP contribution in [-0.4, -0.2) is 43.4 Å². The van der Waals surface area contributed by atoms with Gasteiger partial charge in [-0.15, -0.1) is 0 Å². The summed E-state index contributed by atoms with van der Waals surface area (Å²) in [6.07, 6.45) is 4.56. The fourth-order valence-electron chi connectivity index (χ4n) is 5.96. The quantitative estimate of drug-likeness (QED) is 0.381. The van der Waals surface area contributed by atoms with Crippen molar-refractivity contribution in [2.75, 3.05) is 20.2 Å². The summed E-state index contributed by atoms with van der Waals surface area (Å²) in [5.74, 6) is 2.30. The van der Waals surface area contributed by atoms with Crippen molar-refractivity contribution in [1.29, 1.82) is 0 Å². The van der Waals surface area contributed by atoms with E-state index in [9.17, 15) is 0 Å². The SMILES string of the molecule is COc1ccc(C(C)C)cc1C=N[C@@H]1C2CCN(CC2)[C@@H]1C(c1ccccc1)c1ccccc1. The molecule has 0 amide bonds. The van der Waals surface area contributed by atoms with Crippen molar-refractivity contribution < 1.29 is 4.74 Å². The summed E-state index contributed by atoms with van der Waals surface area (Å²) >= 11 is 0. The number of ether oxygens (including phenoxy) is 1. The lowest BCUT2D eigenvalue weighted by Gasteiger charge is -2.52. The normalized spacial score (nSPS) is 24.3. The minimum Gasteiger partial charge on any atom is -0.496 e. The molecule has 176 valence electrons. The molecule has 3 fully saturated rings. The predicted octanol–water partition coefficient (Wildman–Crippen LogP) is 6.53. The Bertz CT molecular complexity index is 1060. The van der Waals surface area contributed by atoms with Crippen LogP contribution in [0.5, 0.6) is 5.75 Å². The van der Waals surface area contributed by atoms with Gasteiger partial charge >= 0.3 is 0 Å². The molecule has 0 aliphatic carbocycles. The third-order valence-electron chi connectivity index (χ3n) is 7.79. The molecule has 6 rings (SSSR count). The molecular formula is C31H36N2O. The van der Waals surface area contributed by atoms with Gasteiger partial charge < -0.3 is 4.74 Å². The fraction of sp³-hybridized carbons (Fsp3) is 0.387. The van der Waals surface area contributed by atoms with Crippen LogP contribution in [0.15, 0.2) is 83.9 Å². The molecule has 34 heavy (non-hydrogen) atoms. The van der Waals surface area contributed by atoms with Crippen molar-refractivity contribution in [2.45, 2.75) is 50.6 Å². The van der Waals surface area contributed by atoms with Gasteiger partial charge in [-0.05, 0) is 66.6 Å². The zero-order chi connectivity index (χ0) is 23.5. The van der Waals surface area contributed by atoms with Gasteiger partial charge in [-0.3, -0.25) is 9.89 Å². The summed E-state index contributed by atoms with van der Waals surface area (Å²) in [4.78, 5) is 8.05. The van der Waals surface area contributed by atoms with Gasteiger partial charge in [0, 0.05) is 23.7 Å². The summed E-state index contributed by atoms with van der Waals surface area (Å²) in [6.45, 7) is 6.81. The lowest BCUT2D eigenvalue weighted by molar-refractivity contribution is 0.0215. The Morgan fingerprint density at radius 3 is 2.03 bits per heavy atom. The molecule has 0 unspecified atom stereocenters. The molecule has 3 heterocycles. The third-order valence-corrected chi connectivity index (χ3v) is 7.79. The van der Waals surface area contributed by atoms with E-state index < -0.39 is 0 Å². The van der Waals surface area contributed by atoms with E-state index in [2.05, 4.69) is 104 Å². The first-order chi connectivity index (χ1) is 16.7. The van der Waals surface area contributed by atoms with E-state index in [1.165, 1.54) is 42.6 Å². The van der Waals surface area contributed by atoms with Crippen molar-refractivity contribution in [1.82, 2.24) is 4.90 Å². The van der Waals surface area contributed by atoms with E-state index in [4.69, 9.17) is 9.73 Å². The summed E-state index contributed by atoms with van der Waals surface area (Å²) in [6, 6.07) is 29.2. The number of benzene rings is 3. The van der Waals surface area contributed by atoms with Crippen LogP contribution in [0.1, 0.15) is 60.8 Å². The largest absolute Gasteiger partial charge is 0.496 e. The number of rotatable bonds is 7. The Kier molecular flexibility index (Phi) is 6.82. The lowest BCUT2D eigenvalue weighted by Crippen LogP contribution is -2.59. The molecule has 3 aliphatic rings. The van der Waals surface area contributed by atoms with Gasteiger partial charge in [-0.2, -0.15) is 0 Å². The Labute approximate surface area is 204 Å². The molecule has 3 aromatic rings. The van der Waals surface area contributed by atoms with Gasteiger partial charge in [0.05, 0.1) is 13.2 Å². The minimum atomic E-state index is 0.264. The molecule has 0 spiro atoms. The van der Waals surface area contributed by atoms with Crippen LogP contribution >= 0.6 is 0 Å². The Morgan fingerprint density at radius 1 is 0.853 bits per heavy atom. The van der Waals surface area contributed by atoms with Crippen LogP contribution in [-0.2, 0) is 0 Å². The number of hydrogen-bond acceptors (Lipinski definition) is 3. The molecule has 0 aromatic heterocycles. The lowest BCUT2D eigenvalue weighted by atomic mass is 9.71. The molecule has 3 heteroatoms. The van der Waals surface area contributed by atoms with Crippen LogP contribution in [0.25, 0.3) is 0 Å². The number of fused-ring (bicyclic) bond motifs is 3. The van der Waals surface area contributed by atoms with Crippen LogP contribution in [0.3, 0.4) is 0 Å². The second-order valence-electron chi connectivity index (χ2n) is 10.1. The number of piperidine rings is 3. The highest BCUT2D eigenvalue weighted by Crippen LogP contribution is 2.43. The molecule has 0 radical (unpaired) electrons. The molecule has 3 nitrogen and oxygen atoms in total. The summed E-state index contributed by atoms with van der Waals surface area (Å²) in [7, 11) is 1.75. The molecule has 2 atom stereocenters. The summed E-state index contributed by atoms with van der Waals surface area (Å²) in [5.41, 5.74) is 5.16. The highest BCUT2D eigenvalue weighted by Gasteiger charge is 2.46. The smallest absolute Gasteiger partial charge is 0.127 e. The molecule has 0 N–H and O–H groups in total. The average molecular weight is 453 g/mol. The minimum absolute atomic E-state index is 0.264. The van der Waals surface area contributed by atoms with Crippen LogP contribution in [0.2, 0.25) is 0 Å². The van der Waals surface area contributed by atoms with Crippen LogP contribution in [0, 0.1) is 5.92 Å². The molecule has 3 aromatic carbocycles. The van der Waals surface area contributed by atoms with E-state index in [0.717, 1.165) is 11.3 Å².